The number of benzene rings is 1. The number of rotatable bonds is 3. The quantitative estimate of drug-likeness (QED) is 0.640. The predicted octanol–water partition coefficient (Wildman–Crippen LogP) is 2.51. The monoisotopic (exact) mass is 192 g/mol. The fraction of sp³-hybridized carbons (Fsp3) is 0.200. The number of fused-ring (bicyclic) bond motifs is 1. The molecule has 2 aromatic rings. The zero-order valence-electron chi connectivity index (χ0n) is 7.25. The van der Waals surface area contributed by atoms with Crippen molar-refractivity contribution in [2.75, 3.05) is 17.6 Å². The molecule has 0 aliphatic carbocycles. The molecule has 2 N–H and O–H groups in total. The average molecular weight is 192 g/mol. The van der Waals surface area contributed by atoms with Crippen molar-refractivity contribution in [1.29, 1.82) is 0 Å². The fourth-order valence-electron chi connectivity index (χ4n) is 1.41. The Bertz CT molecular complexity index is 394. The zero-order chi connectivity index (χ0) is 9.10. The molecule has 0 saturated carbocycles. The number of hydrogen-bond donors (Lipinski definition) is 3. The van der Waals surface area contributed by atoms with Crippen molar-refractivity contribution in [3.05, 3.63) is 30.5 Å². The van der Waals surface area contributed by atoms with Crippen molar-refractivity contribution in [3.63, 3.8) is 0 Å². The molecule has 0 saturated heterocycles. The molecular weight excluding hydrogens is 180 g/mol. The van der Waals surface area contributed by atoms with Crippen LogP contribution in [0, 0.1) is 0 Å². The van der Waals surface area contributed by atoms with Gasteiger partial charge in [0, 0.05) is 29.4 Å². The highest BCUT2D eigenvalue weighted by Crippen LogP contribution is 2.21. The first-order chi connectivity index (χ1) is 6.42. The van der Waals surface area contributed by atoms with Crippen LogP contribution in [-0.2, 0) is 0 Å². The van der Waals surface area contributed by atoms with Gasteiger partial charge in [-0.05, 0) is 6.07 Å². The summed E-state index contributed by atoms with van der Waals surface area (Å²) in [6.45, 7) is 0.894. The normalized spacial score (nSPS) is 10.5. The van der Waals surface area contributed by atoms with Crippen LogP contribution in [0.3, 0.4) is 0 Å². The number of hydrogen-bond acceptors (Lipinski definition) is 2. The molecule has 0 radical (unpaired) electrons. The number of H-pyrrole nitrogens is 1. The Morgan fingerprint density at radius 3 is 3.00 bits per heavy atom. The van der Waals surface area contributed by atoms with Crippen LogP contribution < -0.4 is 5.32 Å². The summed E-state index contributed by atoms with van der Waals surface area (Å²) in [6, 6.07) is 8.25. The van der Waals surface area contributed by atoms with Crippen LogP contribution in [0.4, 0.5) is 5.69 Å². The SMILES string of the molecule is SCCNc1c[nH]c2ccccc12. The van der Waals surface area contributed by atoms with Crippen LogP contribution in [0.2, 0.25) is 0 Å². The minimum absolute atomic E-state index is 0.847. The second-order valence-electron chi connectivity index (χ2n) is 2.90. The Kier molecular flexibility index (Phi) is 2.45. The first-order valence-electron chi connectivity index (χ1n) is 4.32. The lowest BCUT2D eigenvalue weighted by Crippen LogP contribution is -2.01. The molecule has 2 rings (SSSR count). The second-order valence-corrected chi connectivity index (χ2v) is 3.35. The van der Waals surface area contributed by atoms with Gasteiger partial charge in [-0.3, -0.25) is 0 Å². The van der Waals surface area contributed by atoms with Crippen molar-refractivity contribution in [2.24, 2.45) is 0 Å². The number of nitrogens with one attached hydrogen (secondary N) is 2. The Morgan fingerprint density at radius 2 is 2.15 bits per heavy atom. The summed E-state index contributed by atoms with van der Waals surface area (Å²) < 4.78 is 0. The topological polar surface area (TPSA) is 27.8 Å². The van der Waals surface area contributed by atoms with Gasteiger partial charge in [-0.1, -0.05) is 18.2 Å². The van der Waals surface area contributed by atoms with Crippen LogP contribution in [-0.4, -0.2) is 17.3 Å². The second kappa shape index (κ2) is 3.75. The first-order valence-corrected chi connectivity index (χ1v) is 4.96. The molecule has 0 spiro atoms. The smallest absolute Gasteiger partial charge is 0.0598 e. The summed E-state index contributed by atoms with van der Waals surface area (Å²) in [6.07, 6.45) is 1.99. The highest BCUT2D eigenvalue weighted by molar-refractivity contribution is 7.80. The first kappa shape index (κ1) is 8.51. The van der Waals surface area contributed by atoms with Crippen molar-refractivity contribution in [3.8, 4) is 0 Å². The molecule has 0 atom stereocenters. The van der Waals surface area contributed by atoms with Crippen LogP contribution in [0.5, 0.6) is 0 Å². The van der Waals surface area contributed by atoms with Crippen molar-refractivity contribution in [1.82, 2.24) is 4.98 Å². The summed E-state index contributed by atoms with van der Waals surface area (Å²) >= 11 is 4.15. The molecule has 0 fully saturated rings. The van der Waals surface area contributed by atoms with E-state index in [2.05, 4.69) is 35.1 Å². The van der Waals surface area contributed by atoms with Gasteiger partial charge in [-0.25, -0.2) is 0 Å². The van der Waals surface area contributed by atoms with Gasteiger partial charge in [0.1, 0.15) is 0 Å². The number of anilines is 1. The van der Waals surface area contributed by atoms with E-state index in [0.29, 0.717) is 0 Å². The third-order valence-corrected chi connectivity index (χ3v) is 2.24. The lowest BCUT2D eigenvalue weighted by molar-refractivity contribution is 1.24. The van der Waals surface area contributed by atoms with E-state index in [0.717, 1.165) is 18.0 Å². The van der Waals surface area contributed by atoms with Gasteiger partial charge in [0.25, 0.3) is 0 Å². The molecule has 1 heterocycles. The van der Waals surface area contributed by atoms with Crippen molar-refractivity contribution < 1.29 is 0 Å². The molecular formula is C10H12N2S. The van der Waals surface area contributed by atoms with E-state index < -0.39 is 0 Å². The highest BCUT2D eigenvalue weighted by Gasteiger charge is 1.99. The van der Waals surface area contributed by atoms with Gasteiger partial charge in [-0.2, -0.15) is 12.6 Å². The molecule has 68 valence electrons. The van der Waals surface area contributed by atoms with Gasteiger partial charge in [0.15, 0.2) is 0 Å². The molecule has 0 bridgehead atoms. The number of aromatic amines is 1. The third-order valence-electron chi connectivity index (χ3n) is 2.02. The summed E-state index contributed by atoms with van der Waals surface area (Å²) in [4.78, 5) is 3.21. The fourth-order valence-corrected chi connectivity index (χ4v) is 1.52. The van der Waals surface area contributed by atoms with E-state index in [1.165, 1.54) is 10.9 Å². The minimum atomic E-state index is 0.847. The lowest BCUT2D eigenvalue weighted by atomic mass is 10.2. The maximum Gasteiger partial charge on any atom is 0.0598 e. The van der Waals surface area contributed by atoms with Crippen LogP contribution in [0.1, 0.15) is 0 Å². The summed E-state index contributed by atoms with van der Waals surface area (Å²) in [5.74, 6) is 0.847. The standard InChI is InChI=1S/C10H12N2S/c13-6-5-11-10-7-12-9-4-2-1-3-8(9)10/h1-4,7,11-13H,5-6H2. The Balaban J connectivity index is 2.35. The summed E-state index contributed by atoms with van der Waals surface area (Å²) in [5, 5.41) is 4.55. The van der Waals surface area contributed by atoms with Gasteiger partial charge in [0.2, 0.25) is 0 Å². The average Bonchev–Trinajstić information content (AvgIpc) is 2.58. The van der Waals surface area contributed by atoms with Gasteiger partial charge < -0.3 is 10.3 Å². The van der Waals surface area contributed by atoms with Crippen molar-refractivity contribution in [2.45, 2.75) is 0 Å². The highest BCUT2D eigenvalue weighted by atomic mass is 32.1. The third kappa shape index (κ3) is 1.65. The van der Waals surface area contributed by atoms with E-state index in [1.54, 1.807) is 0 Å². The summed E-state index contributed by atoms with van der Waals surface area (Å²) in [7, 11) is 0. The maximum absolute atomic E-state index is 4.15. The molecule has 3 heteroatoms. The van der Waals surface area contributed by atoms with Crippen LogP contribution >= 0.6 is 12.6 Å². The Labute approximate surface area is 82.8 Å². The van der Waals surface area contributed by atoms with Gasteiger partial charge in [0.05, 0.1) is 5.69 Å². The van der Waals surface area contributed by atoms with E-state index in [1.807, 2.05) is 18.3 Å². The summed E-state index contributed by atoms with van der Waals surface area (Å²) in [5.41, 5.74) is 2.33. The van der Waals surface area contributed by atoms with Crippen molar-refractivity contribution >= 4 is 29.2 Å². The zero-order valence-corrected chi connectivity index (χ0v) is 8.14. The van der Waals surface area contributed by atoms with Crippen LogP contribution in [0.15, 0.2) is 30.5 Å². The van der Waals surface area contributed by atoms with E-state index >= 15 is 0 Å². The predicted molar refractivity (Wildman–Crippen MR) is 60.6 cm³/mol. The molecule has 0 aliphatic heterocycles. The minimum Gasteiger partial charge on any atom is -0.383 e. The Morgan fingerprint density at radius 1 is 1.31 bits per heavy atom. The molecule has 13 heavy (non-hydrogen) atoms. The van der Waals surface area contributed by atoms with E-state index in [9.17, 15) is 0 Å². The molecule has 0 aliphatic rings. The number of para-hydroxylation sites is 1. The number of aromatic nitrogens is 1. The molecule has 1 aromatic carbocycles. The maximum atomic E-state index is 4.15. The van der Waals surface area contributed by atoms with Gasteiger partial charge >= 0.3 is 0 Å². The lowest BCUT2D eigenvalue weighted by Gasteiger charge is -2.00. The number of thiol groups is 1. The molecule has 1 aromatic heterocycles. The molecule has 0 unspecified atom stereocenters. The largest absolute Gasteiger partial charge is 0.383 e. The van der Waals surface area contributed by atoms with Gasteiger partial charge in [-0.15, -0.1) is 0 Å². The van der Waals surface area contributed by atoms with Crippen LogP contribution in [0.25, 0.3) is 10.9 Å². The van der Waals surface area contributed by atoms with E-state index in [4.69, 9.17) is 0 Å². The molecule has 0 amide bonds. The molecule has 2 nitrogen and oxygen atoms in total. The Hall–Kier alpha value is -1.09. The van der Waals surface area contributed by atoms with E-state index in [-0.39, 0.29) is 0 Å².